The molecule has 8 aromatic carbocycles. The minimum atomic E-state index is 1.17. The first-order valence-corrected chi connectivity index (χ1v) is 15.6. The van der Waals surface area contributed by atoms with Crippen LogP contribution in [0.2, 0.25) is 0 Å². The normalized spacial score (nSPS) is 12.0. The average molecular weight is 570 g/mol. The van der Waals surface area contributed by atoms with Gasteiger partial charge in [0.05, 0.1) is 11.0 Å². The quantitative estimate of drug-likeness (QED) is 0.199. The van der Waals surface area contributed by atoms with Gasteiger partial charge in [-0.2, -0.15) is 0 Å². The highest BCUT2D eigenvalue weighted by atomic mass is 15.0. The van der Waals surface area contributed by atoms with Gasteiger partial charge >= 0.3 is 0 Å². The summed E-state index contributed by atoms with van der Waals surface area (Å²) in [5.74, 6) is 0. The van der Waals surface area contributed by atoms with Crippen LogP contribution < -0.4 is 0 Å². The largest absolute Gasteiger partial charge is 0.309 e. The molecular weight excluding hydrogens is 542 g/mol. The fraction of sp³-hybridized carbons (Fsp3) is 0. The molecule has 0 unspecified atom stereocenters. The number of fused-ring (bicyclic) bond motifs is 8. The molecule has 1 nitrogen and oxygen atoms in total. The van der Waals surface area contributed by atoms with E-state index in [4.69, 9.17) is 0 Å². The first kappa shape index (κ1) is 24.5. The summed E-state index contributed by atoms with van der Waals surface area (Å²) in [6.07, 6.45) is 0. The summed E-state index contributed by atoms with van der Waals surface area (Å²) < 4.78 is 2.42. The number of para-hydroxylation sites is 2. The van der Waals surface area contributed by atoms with Gasteiger partial charge in [0.15, 0.2) is 0 Å². The summed E-state index contributed by atoms with van der Waals surface area (Å²) in [6.45, 7) is 0. The lowest BCUT2D eigenvalue weighted by Gasteiger charge is -2.14. The third-order valence-corrected chi connectivity index (χ3v) is 9.68. The molecule has 0 bridgehead atoms. The van der Waals surface area contributed by atoms with Gasteiger partial charge < -0.3 is 4.57 Å². The Balaban J connectivity index is 1.23. The van der Waals surface area contributed by atoms with Crippen molar-refractivity contribution in [3.05, 3.63) is 164 Å². The van der Waals surface area contributed by atoms with Crippen molar-refractivity contribution in [2.45, 2.75) is 0 Å². The molecule has 0 fully saturated rings. The number of aromatic nitrogens is 1. The molecule has 0 N–H and O–H groups in total. The Hall–Kier alpha value is -5.92. The Morgan fingerprint density at radius 1 is 0.311 bits per heavy atom. The smallest absolute Gasteiger partial charge is 0.0553 e. The third-order valence-electron chi connectivity index (χ3n) is 9.68. The number of hydrogen-bond acceptors (Lipinski definition) is 0. The van der Waals surface area contributed by atoms with Gasteiger partial charge in [0.25, 0.3) is 0 Å². The SMILES string of the molecule is c1ccc(-n2c3ccccc3c3c4ccccc4c(-c4cccc(-c5cc6c7c(cccc7c5)-c5ccccc5-6)c4)cc32)cc1. The molecule has 208 valence electrons. The highest BCUT2D eigenvalue weighted by Gasteiger charge is 2.22. The minimum absolute atomic E-state index is 1.17. The number of benzene rings is 8. The van der Waals surface area contributed by atoms with E-state index in [0.29, 0.717) is 0 Å². The van der Waals surface area contributed by atoms with Gasteiger partial charge in [0.1, 0.15) is 0 Å². The second-order valence-electron chi connectivity index (χ2n) is 12.1. The van der Waals surface area contributed by atoms with E-state index in [9.17, 15) is 0 Å². The van der Waals surface area contributed by atoms with E-state index in [1.54, 1.807) is 0 Å². The first-order chi connectivity index (χ1) is 22.3. The summed E-state index contributed by atoms with van der Waals surface area (Å²) in [7, 11) is 0. The van der Waals surface area contributed by atoms with Crippen LogP contribution in [0.15, 0.2) is 164 Å². The van der Waals surface area contributed by atoms with Crippen LogP contribution in [0.25, 0.3) is 93.5 Å². The van der Waals surface area contributed by atoms with Gasteiger partial charge in [0.2, 0.25) is 0 Å². The van der Waals surface area contributed by atoms with E-state index in [0.717, 1.165) is 0 Å². The first-order valence-electron chi connectivity index (χ1n) is 15.6. The van der Waals surface area contributed by atoms with Gasteiger partial charge in [0, 0.05) is 16.5 Å². The summed E-state index contributed by atoms with van der Waals surface area (Å²) in [6, 6.07) is 60.2. The summed E-state index contributed by atoms with van der Waals surface area (Å²) in [5.41, 5.74) is 13.9. The molecule has 0 aliphatic heterocycles. The summed E-state index contributed by atoms with van der Waals surface area (Å²) >= 11 is 0. The Labute approximate surface area is 261 Å². The topological polar surface area (TPSA) is 4.93 Å². The standard InChI is InChI=1S/C44H27N/c1-2-15-32(16-3-1)45-41-23-9-8-21-38(41)44-37-20-7-6-19-35(37)39(27-42(44)45)29-13-10-12-28(24-29)31-25-30-14-11-22-36-33-17-4-5-18-34(33)40(26-31)43(30)36/h1-27H. The van der Waals surface area contributed by atoms with Crippen molar-refractivity contribution in [2.75, 3.05) is 0 Å². The molecule has 0 saturated carbocycles. The van der Waals surface area contributed by atoms with E-state index < -0.39 is 0 Å². The van der Waals surface area contributed by atoms with Gasteiger partial charge in [-0.1, -0.05) is 121 Å². The molecule has 10 rings (SSSR count). The van der Waals surface area contributed by atoms with Crippen molar-refractivity contribution in [2.24, 2.45) is 0 Å². The molecule has 0 saturated heterocycles. The second kappa shape index (κ2) is 9.29. The Morgan fingerprint density at radius 2 is 0.978 bits per heavy atom. The van der Waals surface area contributed by atoms with Gasteiger partial charge in [-0.3, -0.25) is 0 Å². The van der Waals surface area contributed by atoms with Crippen LogP contribution in [-0.4, -0.2) is 4.57 Å². The van der Waals surface area contributed by atoms with E-state index in [1.165, 1.54) is 93.5 Å². The molecule has 1 heteroatoms. The molecule has 0 spiro atoms. The van der Waals surface area contributed by atoms with E-state index in [-0.39, 0.29) is 0 Å². The van der Waals surface area contributed by atoms with Crippen molar-refractivity contribution < 1.29 is 0 Å². The Kier molecular flexibility index (Phi) is 5.06. The fourth-order valence-electron chi connectivity index (χ4n) is 7.77. The summed E-state index contributed by atoms with van der Waals surface area (Å²) in [4.78, 5) is 0. The lowest BCUT2D eigenvalue weighted by Crippen LogP contribution is -1.94. The van der Waals surface area contributed by atoms with Crippen molar-refractivity contribution in [1.82, 2.24) is 4.57 Å². The Morgan fingerprint density at radius 3 is 1.84 bits per heavy atom. The van der Waals surface area contributed by atoms with E-state index in [2.05, 4.69) is 168 Å². The van der Waals surface area contributed by atoms with Crippen LogP contribution >= 0.6 is 0 Å². The molecule has 1 heterocycles. The zero-order valence-electron chi connectivity index (χ0n) is 24.5. The van der Waals surface area contributed by atoms with Crippen LogP contribution in [0, 0.1) is 0 Å². The van der Waals surface area contributed by atoms with Crippen molar-refractivity contribution in [3.8, 4) is 50.2 Å². The van der Waals surface area contributed by atoms with Crippen molar-refractivity contribution in [1.29, 1.82) is 0 Å². The van der Waals surface area contributed by atoms with Gasteiger partial charge in [-0.15, -0.1) is 0 Å². The molecule has 1 aliphatic carbocycles. The molecule has 1 aliphatic rings. The van der Waals surface area contributed by atoms with Crippen LogP contribution in [0.1, 0.15) is 0 Å². The highest BCUT2D eigenvalue weighted by Crippen LogP contribution is 2.49. The number of hydrogen-bond donors (Lipinski definition) is 0. The monoisotopic (exact) mass is 569 g/mol. The van der Waals surface area contributed by atoms with Crippen LogP contribution in [0.5, 0.6) is 0 Å². The second-order valence-corrected chi connectivity index (χ2v) is 12.1. The van der Waals surface area contributed by atoms with Gasteiger partial charge in [-0.25, -0.2) is 0 Å². The minimum Gasteiger partial charge on any atom is -0.309 e. The molecule has 0 atom stereocenters. The average Bonchev–Trinajstić information content (AvgIpc) is 3.62. The van der Waals surface area contributed by atoms with Crippen LogP contribution in [0.3, 0.4) is 0 Å². The Bertz CT molecular complexity index is 2640. The van der Waals surface area contributed by atoms with Crippen LogP contribution in [0.4, 0.5) is 0 Å². The molecule has 45 heavy (non-hydrogen) atoms. The van der Waals surface area contributed by atoms with E-state index >= 15 is 0 Å². The maximum absolute atomic E-state index is 2.42. The van der Waals surface area contributed by atoms with Crippen molar-refractivity contribution in [3.63, 3.8) is 0 Å². The fourth-order valence-corrected chi connectivity index (χ4v) is 7.77. The van der Waals surface area contributed by atoms with Crippen LogP contribution in [-0.2, 0) is 0 Å². The molecule has 9 aromatic rings. The number of nitrogens with zero attached hydrogens (tertiary/aromatic N) is 1. The maximum atomic E-state index is 2.42. The summed E-state index contributed by atoms with van der Waals surface area (Å²) in [5, 5.41) is 7.79. The molecular formula is C44H27N. The predicted molar refractivity (Wildman–Crippen MR) is 191 cm³/mol. The molecule has 0 amide bonds. The molecule has 1 aromatic heterocycles. The third kappa shape index (κ3) is 3.50. The lowest BCUT2D eigenvalue weighted by atomic mass is 9.91. The maximum Gasteiger partial charge on any atom is 0.0553 e. The predicted octanol–water partition coefficient (Wildman–Crippen LogP) is 12.1. The van der Waals surface area contributed by atoms with Gasteiger partial charge in [-0.05, 0) is 109 Å². The van der Waals surface area contributed by atoms with E-state index in [1.807, 2.05) is 0 Å². The lowest BCUT2D eigenvalue weighted by molar-refractivity contribution is 1.18. The zero-order chi connectivity index (χ0) is 29.5. The molecule has 0 radical (unpaired) electrons. The highest BCUT2D eigenvalue weighted by molar-refractivity contribution is 6.24. The van der Waals surface area contributed by atoms with Crippen molar-refractivity contribution >= 4 is 43.4 Å². The zero-order valence-corrected chi connectivity index (χ0v) is 24.5. The number of rotatable bonds is 3.